The standard InChI is InChI=1S/C25H40O8/c1-25(2,32-11-17-3-7-19(8-4-17)23(26)30-15-21-13-28-21)33-12-18-5-9-20(10-6-18)24(27)31-16-22-14-29-22/h17-22H,3-16H2,1-2H3. The largest absolute Gasteiger partial charge is 0.463 e. The van der Waals surface area contributed by atoms with Crippen LogP contribution in [0.3, 0.4) is 0 Å². The minimum Gasteiger partial charge on any atom is -0.463 e. The molecule has 2 aliphatic carbocycles. The number of esters is 2. The van der Waals surface area contributed by atoms with Crippen LogP contribution in [0.15, 0.2) is 0 Å². The van der Waals surface area contributed by atoms with E-state index < -0.39 is 5.79 Å². The Labute approximate surface area is 196 Å². The summed E-state index contributed by atoms with van der Waals surface area (Å²) in [5, 5.41) is 0. The minimum atomic E-state index is -0.639. The normalized spacial score (nSPS) is 33.9. The molecule has 2 unspecified atom stereocenters. The molecular formula is C25H40O8. The average Bonchev–Trinajstić information content (AvgIpc) is 3.74. The van der Waals surface area contributed by atoms with Gasteiger partial charge in [0.2, 0.25) is 0 Å². The summed E-state index contributed by atoms with van der Waals surface area (Å²) in [6.45, 7) is 7.45. The van der Waals surface area contributed by atoms with Crippen LogP contribution in [0.2, 0.25) is 0 Å². The molecule has 2 heterocycles. The molecule has 0 N–H and O–H groups in total. The lowest BCUT2D eigenvalue weighted by atomic mass is 9.82. The summed E-state index contributed by atoms with van der Waals surface area (Å²) in [6, 6.07) is 0. The van der Waals surface area contributed by atoms with Gasteiger partial charge in [-0.25, -0.2) is 0 Å². The van der Waals surface area contributed by atoms with E-state index in [0.717, 1.165) is 51.4 Å². The van der Waals surface area contributed by atoms with E-state index in [1.54, 1.807) is 0 Å². The van der Waals surface area contributed by atoms with Crippen LogP contribution in [0.4, 0.5) is 0 Å². The van der Waals surface area contributed by atoms with Crippen LogP contribution in [0, 0.1) is 23.7 Å². The van der Waals surface area contributed by atoms with Crippen LogP contribution in [0.5, 0.6) is 0 Å². The Bertz CT molecular complexity index is 587. The van der Waals surface area contributed by atoms with Crippen molar-refractivity contribution in [3.05, 3.63) is 0 Å². The second-order valence-corrected chi connectivity index (χ2v) is 10.6. The van der Waals surface area contributed by atoms with Crippen LogP contribution in [0.1, 0.15) is 65.2 Å². The van der Waals surface area contributed by atoms with Crippen LogP contribution in [-0.4, -0.2) is 69.6 Å². The first-order chi connectivity index (χ1) is 15.9. The number of ether oxygens (including phenoxy) is 6. The third-order valence-corrected chi connectivity index (χ3v) is 7.32. The molecule has 0 bridgehead atoms. The van der Waals surface area contributed by atoms with E-state index >= 15 is 0 Å². The van der Waals surface area contributed by atoms with Gasteiger partial charge in [0, 0.05) is 0 Å². The van der Waals surface area contributed by atoms with Gasteiger partial charge in [-0.05, 0) is 77.0 Å². The summed E-state index contributed by atoms with van der Waals surface area (Å²) < 4.78 is 33.1. The van der Waals surface area contributed by atoms with Crippen molar-refractivity contribution >= 4 is 11.9 Å². The molecule has 33 heavy (non-hydrogen) atoms. The van der Waals surface area contributed by atoms with Crippen molar-refractivity contribution in [2.75, 3.05) is 39.6 Å². The molecule has 2 saturated carbocycles. The first-order valence-corrected chi connectivity index (χ1v) is 12.7. The predicted octanol–water partition coefficient (Wildman–Crippen LogP) is 3.25. The Balaban J connectivity index is 1.06. The number of hydrogen-bond donors (Lipinski definition) is 0. The van der Waals surface area contributed by atoms with Gasteiger partial charge in [-0.15, -0.1) is 0 Å². The topological polar surface area (TPSA) is 96.1 Å². The van der Waals surface area contributed by atoms with Crippen LogP contribution >= 0.6 is 0 Å². The highest BCUT2D eigenvalue weighted by Gasteiger charge is 2.33. The fourth-order valence-electron chi connectivity index (χ4n) is 4.72. The second kappa shape index (κ2) is 11.5. The average molecular weight is 469 g/mol. The van der Waals surface area contributed by atoms with Gasteiger partial charge in [-0.1, -0.05) is 0 Å². The zero-order valence-electron chi connectivity index (χ0n) is 20.1. The predicted molar refractivity (Wildman–Crippen MR) is 118 cm³/mol. The Morgan fingerprint density at radius 2 is 1.03 bits per heavy atom. The first-order valence-electron chi connectivity index (χ1n) is 12.7. The summed E-state index contributed by atoms with van der Waals surface area (Å²) >= 11 is 0. The Kier molecular flexibility index (Phi) is 8.65. The maximum absolute atomic E-state index is 12.1. The van der Waals surface area contributed by atoms with Gasteiger partial charge in [-0.2, -0.15) is 0 Å². The molecule has 8 heteroatoms. The SMILES string of the molecule is CC(C)(OCC1CCC(C(=O)OCC2CO2)CC1)OCC1CCC(C(=O)OCC2CO2)CC1. The molecular weight excluding hydrogens is 428 g/mol. The quantitative estimate of drug-likeness (QED) is 0.245. The maximum atomic E-state index is 12.1. The number of carbonyl (C=O) groups is 2. The molecule has 0 aromatic heterocycles. The van der Waals surface area contributed by atoms with E-state index in [1.165, 1.54) is 0 Å². The molecule has 2 aliphatic heterocycles. The second-order valence-electron chi connectivity index (χ2n) is 10.6. The summed E-state index contributed by atoms with van der Waals surface area (Å²) in [7, 11) is 0. The Hall–Kier alpha value is -1.22. The monoisotopic (exact) mass is 468 g/mol. The van der Waals surface area contributed by atoms with Crippen LogP contribution < -0.4 is 0 Å². The fourth-order valence-corrected chi connectivity index (χ4v) is 4.72. The van der Waals surface area contributed by atoms with Crippen molar-refractivity contribution < 1.29 is 38.0 Å². The van der Waals surface area contributed by atoms with E-state index in [0.29, 0.717) is 51.5 Å². The number of hydrogen-bond acceptors (Lipinski definition) is 8. The molecule has 2 atom stereocenters. The summed E-state index contributed by atoms with van der Waals surface area (Å²) in [5.41, 5.74) is 0. The summed E-state index contributed by atoms with van der Waals surface area (Å²) in [4.78, 5) is 24.3. The molecule has 2 saturated heterocycles. The summed E-state index contributed by atoms with van der Waals surface area (Å²) in [5.74, 6) is 0.136. The van der Waals surface area contributed by atoms with Crippen molar-refractivity contribution in [3.63, 3.8) is 0 Å². The smallest absolute Gasteiger partial charge is 0.309 e. The van der Waals surface area contributed by atoms with Crippen LogP contribution in [0.25, 0.3) is 0 Å². The highest BCUT2D eigenvalue weighted by atomic mass is 16.7. The van der Waals surface area contributed by atoms with E-state index in [4.69, 9.17) is 28.4 Å². The highest BCUT2D eigenvalue weighted by molar-refractivity contribution is 5.73. The van der Waals surface area contributed by atoms with Gasteiger partial charge in [0.1, 0.15) is 25.4 Å². The van der Waals surface area contributed by atoms with Crippen molar-refractivity contribution in [1.29, 1.82) is 0 Å². The molecule has 4 rings (SSSR count). The van der Waals surface area contributed by atoms with Crippen LogP contribution in [-0.2, 0) is 38.0 Å². The molecule has 0 radical (unpaired) electrons. The lowest BCUT2D eigenvalue weighted by Gasteiger charge is -2.33. The Morgan fingerprint density at radius 3 is 1.36 bits per heavy atom. The van der Waals surface area contributed by atoms with E-state index in [2.05, 4.69) is 0 Å². The molecule has 8 nitrogen and oxygen atoms in total. The van der Waals surface area contributed by atoms with E-state index in [1.807, 2.05) is 13.8 Å². The van der Waals surface area contributed by atoms with Gasteiger partial charge in [0.05, 0.1) is 38.3 Å². The first kappa shape index (κ1) is 24.9. The lowest BCUT2D eigenvalue weighted by molar-refractivity contribution is -0.227. The van der Waals surface area contributed by atoms with Crippen molar-refractivity contribution in [2.45, 2.75) is 83.2 Å². The summed E-state index contributed by atoms with van der Waals surface area (Å²) in [6.07, 6.45) is 7.59. The number of carbonyl (C=O) groups excluding carboxylic acids is 2. The number of epoxide rings is 2. The van der Waals surface area contributed by atoms with Gasteiger partial charge < -0.3 is 28.4 Å². The zero-order valence-corrected chi connectivity index (χ0v) is 20.1. The molecule has 188 valence electrons. The van der Waals surface area contributed by atoms with Gasteiger partial charge in [0.15, 0.2) is 5.79 Å². The third kappa shape index (κ3) is 8.50. The zero-order chi connectivity index (χ0) is 23.3. The third-order valence-electron chi connectivity index (χ3n) is 7.32. The number of rotatable bonds is 12. The molecule has 4 fully saturated rings. The fraction of sp³-hybridized carbons (Fsp3) is 0.920. The molecule has 0 spiro atoms. The van der Waals surface area contributed by atoms with Crippen molar-refractivity contribution in [1.82, 2.24) is 0 Å². The van der Waals surface area contributed by atoms with Crippen molar-refractivity contribution in [3.8, 4) is 0 Å². The highest BCUT2D eigenvalue weighted by Crippen LogP contribution is 2.33. The lowest BCUT2D eigenvalue weighted by Crippen LogP contribution is -2.35. The molecule has 0 amide bonds. The Morgan fingerprint density at radius 1 is 0.667 bits per heavy atom. The molecule has 0 aromatic carbocycles. The van der Waals surface area contributed by atoms with E-state index in [-0.39, 0.29) is 36.0 Å². The van der Waals surface area contributed by atoms with Gasteiger partial charge >= 0.3 is 11.9 Å². The molecule has 0 aromatic rings. The minimum absolute atomic E-state index is 0.0127. The molecule has 4 aliphatic rings. The van der Waals surface area contributed by atoms with Gasteiger partial charge in [-0.3, -0.25) is 9.59 Å². The van der Waals surface area contributed by atoms with E-state index in [9.17, 15) is 9.59 Å². The van der Waals surface area contributed by atoms with Gasteiger partial charge in [0.25, 0.3) is 0 Å². The van der Waals surface area contributed by atoms with Crippen molar-refractivity contribution in [2.24, 2.45) is 23.7 Å². The maximum Gasteiger partial charge on any atom is 0.309 e.